The summed E-state index contributed by atoms with van der Waals surface area (Å²) in [4.78, 5) is 23.9. The molecule has 8 N–H and O–H groups in total. The van der Waals surface area contributed by atoms with E-state index in [-0.39, 0.29) is 36.0 Å². The number of benzene rings is 2. The van der Waals surface area contributed by atoms with E-state index in [0.717, 1.165) is 47.9 Å². The first-order chi connectivity index (χ1) is 23.2. The lowest BCUT2D eigenvalue weighted by Crippen LogP contribution is -2.23. The predicted molar refractivity (Wildman–Crippen MR) is 189 cm³/mol. The van der Waals surface area contributed by atoms with Crippen LogP contribution in [0.1, 0.15) is 64.8 Å². The zero-order valence-corrected chi connectivity index (χ0v) is 29.3. The molecule has 0 aliphatic heterocycles. The quantitative estimate of drug-likeness (QED) is 0.0571. The van der Waals surface area contributed by atoms with Crippen molar-refractivity contribution in [1.29, 1.82) is 0 Å². The van der Waals surface area contributed by atoms with Crippen molar-refractivity contribution in [2.75, 3.05) is 26.2 Å². The first-order valence-electron chi connectivity index (χ1n) is 16.1. The number of fused-ring (bicyclic) bond motifs is 1. The lowest BCUT2D eigenvalue weighted by Gasteiger charge is -2.22. The molecule has 274 valence electrons. The van der Waals surface area contributed by atoms with E-state index in [4.69, 9.17) is 21.9 Å². The minimum Gasteiger partial charge on any atom is -0.490 e. The number of alkyl halides is 4. The van der Waals surface area contributed by atoms with Crippen molar-refractivity contribution in [1.82, 2.24) is 19.9 Å². The lowest BCUT2D eigenvalue weighted by molar-refractivity contribution is -0.274. The first kappa shape index (κ1) is 39.8. The summed E-state index contributed by atoms with van der Waals surface area (Å²) in [5.41, 5.74) is 19.2. The molecule has 2 aromatic heterocycles. The Balaban J connectivity index is 0.000000286. The van der Waals surface area contributed by atoms with Crippen molar-refractivity contribution in [3.05, 3.63) is 82.0 Å². The smallest absolute Gasteiger partial charge is 0.490 e. The third-order valence-corrected chi connectivity index (χ3v) is 7.33. The van der Waals surface area contributed by atoms with Gasteiger partial charge in [0.05, 0.1) is 5.69 Å². The molecule has 0 aliphatic carbocycles. The van der Waals surface area contributed by atoms with Gasteiger partial charge >= 0.3 is 12.1 Å². The van der Waals surface area contributed by atoms with Gasteiger partial charge in [0.2, 0.25) is 0 Å². The van der Waals surface area contributed by atoms with Crippen LogP contribution in [0.4, 0.5) is 17.6 Å². The highest BCUT2D eigenvalue weighted by molar-refractivity contribution is 5.76. The van der Waals surface area contributed by atoms with Gasteiger partial charge in [0.1, 0.15) is 29.9 Å². The van der Waals surface area contributed by atoms with Gasteiger partial charge in [-0.3, -0.25) is 9.56 Å². The summed E-state index contributed by atoms with van der Waals surface area (Å²) < 4.78 is 60.7. The van der Waals surface area contributed by atoms with Crippen LogP contribution in [0.15, 0.2) is 64.5 Å². The van der Waals surface area contributed by atoms with Gasteiger partial charge in [-0.15, -0.1) is 13.2 Å². The van der Waals surface area contributed by atoms with Crippen LogP contribution in [0.2, 0.25) is 0 Å². The number of hydrogen-bond acceptors (Lipinski definition) is 7. The van der Waals surface area contributed by atoms with Crippen molar-refractivity contribution in [3.8, 4) is 17.2 Å². The third kappa shape index (κ3) is 12.7. The molecule has 50 heavy (non-hydrogen) atoms. The average molecular weight is 705 g/mol. The molecular weight excluding hydrogens is 656 g/mol. The molecule has 0 saturated heterocycles. The molecule has 0 amide bonds. The number of rotatable bonds is 12. The van der Waals surface area contributed by atoms with Gasteiger partial charge in [-0.05, 0) is 59.8 Å². The van der Waals surface area contributed by atoms with Gasteiger partial charge in [0, 0.05) is 48.4 Å². The van der Waals surface area contributed by atoms with Crippen LogP contribution >= 0.6 is 0 Å². The van der Waals surface area contributed by atoms with E-state index in [1.165, 1.54) is 6.07 Å². The Hall–Kier alpha value is -4.63. The van der Waals surface area contributed by atoms with Crippen molar-refractivity contribution < 1.29 is 27.0 Å². The molecular formula is C35H48F4N8O3. The number of guanidine groups is 1. The summed E-state index contributed by atoms with van der Waals surface area (Å²) in [6.07, 6.45) is -3.47. The number of nitrogens with zero attached hydrogens (tertiary/aromatic N) is 3. The number of aliphatic imine (C=N–C) groups is 1. The third-order valence-electron chi connectivity index (χ3n) is 7.33. The van der Waals surface area contributed by atoms with Crippen molar-refractivity contribution in [2.24, 2.45) is 22.2 Å². The molecule has 15 heteroatoms. The van der Waals surface area contributed by atoms with E-state index in [2.05, 4.69) is 51.9 Å². The molecule has 0 bridgehead atoms. The average Bonchev–Trinajstić information content (AvgIpc) is 3.44. The largest absolute Gasteiger partial charge is 0.573 e. The molecule has 0 spiro atoms. The van der Waals surface area contributed by atoms with Crippen molar-refractivity contribution >= 4 is 17.0 Å². The monoisotopic (exact) mass is 704 g/mol. The second-order valence-corrected chi connectivity index (χ2v) is 13.8. The predicted octanol–water partition coefficient (Wildman–Crippen LogP) is 5.32. The molecule has 1 atom stereocenters. The van der Waals surface area contributed by atoms with Crippen LogP contribution < -0.4 is 37.7 Å². The Labute approximate surface area is 289 Å². The van der Waals surface area contributed by atoms with Gasteiger partial charge in [0.15, 0.2) is 5.96 Å². The summed E-state index contributed by atoms with van der Waals surface area (Å²) in [5, 5.41) is 4.27. The zero-order valence-electron chi connectivity index (χ0n) is 29.3. The van der Waals surface area contributed by atoms with E-state index in [1.54, 1.807) is 10.6 Å². The number of halogens is 4. The van der Waals surface area contributed by atoms with E-state index in [0.29, 0.717) is 17.8 Å². The van der Waals surface area contributed by atoms with Crippen LogP contribution in [0.5, 0.6) is 11.5 Å². The second kappa shape index (κ2) is 16.9. The van der Waals surface area contributed by atoms with E-state index < -0.39 is 23.7 Å². The molecule has 4 aromatic rings. The van der Waals surface area contributed by atoms with E-state index in [1.807, 2.05) is 51.2 Å². The highest BCUT2D eigenvalue weighted by Crippen LogP contribution is 2.33. The number of nitrogens with one attached hydrogen (secondary N) is 2. The number of ether oxygens (including phenoxy) is 2. The Morgan fingerprint density at radius 3 is 2.24 bits per heavy atom. The van der Waals surface area contributed by atoms with Gasteiger partial charge in [0.25, 0.3) is 0 Å². The number of hydrogen-bond donors (Lipinski definition) is 5. The van der Waals surface area contributed by atoms with Crippen LogP contribution in [0.25, 0.3) is 16.7 Å². The fraction of sp³-hybridized carbons (Fsp3) is 0.457. The molecule has 0 unspecified atom stereocenters. The van der Waals surface area contributed by atoms with Crippen LogP contribution in [0, 0.1) is 0 Å². The van der Waals surface area contributed by atoms with E-state index in [9.17, 15) is 22.4 Å². The highest BCUT2D eigenvalue weighted by Gasteiger charge is 2.32. The minimum atomic E-state index is -4.80. The fourth-order valence-electron chi connectivity index (χ4n) is 4.54. The normalized spacial score (nSPS) is 12.6. The SMILES string of the molecule is CC(C)(C)c1cc(OC[C@H](F)CN)cc(OC(F)(F)F)c1.CC(C)(C)c1cc2cn(-c3ccc(CNCCCN=C(N)N)cc3)c(=O)nc2[nH]1. The maximum Gasteiger partial charge on any atom is 0.573 e. The number of nitrogens with two attached hydrogens (primary N) is 3. The lowest BCUT2D eigenvalue weighted by atomic mass is 9.87. The number of aromatic nitrogens is 3. The molecule has 0 fully saturated rings. The summed E-state index contributed by atoms with van der Waals surface area (Å²) in [6, 6.07) is 13.9. The Kier molecular flexibility index (Phi) is 13.4. The summed E-state index contributed by atoms with van der Waals surface area (Å²) in [7, 11) is 0. The van der Waals surface area contributed by atoms with Crippen LogP contribution in [0.3, 0.4) is 0 Å². The highest BCUT2D eigenvalue weighted by atomic mass is 19.4. The zero-order chi connectivity index (χ0) is 37.3. The van der Waals surface area contributed by atoms with Gasteiger partial charge in [-0.25, -0.2) is 9.18 Å². The Morgan fingerprint density at radius 2 is 1.66 bits per heavy atom. The summed E-state index contributed by atoms with van der Waals surface area (Å²) in [5.74, 6) is -0.163. The standard InChI is InChI=1S/C21H29N7O.C14H19F4NO2/c1-21(2,3)17-11-15-13-28(20(29)27-18(15)26-17)16-7-5-14(6-8-16)12-24-9-4-10-25-19(22)23;1-13(2,3)9-4-11(20-8-10(15)7-19)6-12(5-9)21-14(16,17)18/h5-8,11,13,24H,4,9-10,12H2,1-3H3,(H4,22,23,25)(H,26,27,29);4-6,10H,7-8,19H2,1-3H3/t;10-/m.1/s1. The minimum absolute atomic E-state index is 0.0352. The Morgan fingerprint density at radius 1 is 1.00 bits per heavy atom. The fourth-order valence-corrected chi connectivity index (χ4v) is 4.54. The first-order valence-corrected chi connectivity index (χ1v) is 16.1. The molecule has 0 aliphatic rings. The van der Waals surface area contributed by atoms with Gasteiger partial charge < -0.3 is 37.0 Å². The number of aromatic amines is 1. The molecule has 11 nitrogen and oxygen atoms in total. The Bertz CT molecular complexity index is 1770. The van der Waals surface area contributed by atoms with Crippen molar-refractivity contribution in [2.45, 2.75) is 77.9 Å². The summed E-state index contributed by atoms with van der Waals surface area (Å²) in [6.45, 7) is 13.5. The molecule has 2 heterocycles. The maximum absolute atomic E-state index is 13.1. The molecule has 4 rings (SSSR count). The van der Waals surface area contributed by atoms with Crippen LogP contribution in [-0.4, -0.2) is 59.3 Å². The van der Waals surface area contributed by atoms with Crippen molar-refractivity contribution in [3.63, 3.8) is 0 Å². The maximum atomic E-state index is 13.1. The summed E-state index contributed by atoms with van der Waals surface area (Å²) >= 11 is 0. The van der Waals surface area contributed by atoms with Gasteiger partial charge in [-0.2, -0.15) is 4.98 Å². The molecule has 0 radical (unpaired) electrons. The van der Waals surface area contributed by atoms with E-state index >= 15 is 0 Å². The second-order valence-electron chi connectivity index (χ2n) is 13.8. The topological polar surface area (TPSA) is 172 Å². The van der Waals surface area contributed by atoms with Crippen LogP contribution in [-0.2, 0) is 17.4 Å². The molecule has 0 saturated carbocycles. The molecule has 2 aromatic carbocycles. The van der Waals surface area contributed by atoms with Gasteiger partial charge in [-0.1, -0.05) is 53.7 Å². The number of H-pyrrole nitrogens is 1.